The second kappa shape index (κ2) is 31.8. The Morgan fingerprint density at radius 3 is 2.05 bits per heavy atom. The first-order valence-electron chi connectivity index (χ1n) is 33.2. The summed E-state index contributed by atoms with van der Waals surface area (Å²) in [5.74, 6) is -1.78. The van der Waals surface area contributed by atoms with Crippen molar-refractivity contribution in [3.63, 3.8) is 0 Å². The summed E-state index contributed by atoms with van der Waals surface area (Å²) in [6.07, 6.45) is -4.33. The number of carbonyl (C=O) groups is 5. The van der Waals surface area contributed by atoms with Crippen LogP contribution < -0.4 is 10.2 Å². The average molecular weight is 1370 g/mol. The third-order valence-corrected chi connectivity index (χ3v) is 20.8. The van der Waals surface area contributed by atoms with E-state index in [0.717, 1.165) is 77.5 Å². The van der Waals surface area contributed by atoms with Gasteiger partial charge in [-0.3, -0.25) is 24.1 Å². The number of thiophene rings is 1. The summed E-state index contributed by atoms with van der Waals surface area (Å²) in [7, 11) is 5.32. The van der Waals surface area contributed by atoms with Gasteiger partial charge in [-0.15, -0.1) is 11.3 Å². The number of ether oxygens (including phenoxy) is 2. The molecule has 6 aromatic rings. The predicted octanol–water partition coefficient (Wildman–Crippen LogP) is 12.7. The van der Waals surface area contributed by atoms with Crippen molar-refractivity contribution in [2.24, 2.45) is 0 Å². The minimum absolute atomic E-state index is 0.0285. The van der Waals surface area contributed by atoms with Gasteiger partial charge in [0.25, 0.3) is 11.8 Å². The number of hydrogen-bond donors (Lipinski definition) is 2. The zero-order valence-corrected chi connectivity index (χ0v) is 55.8. The summed E-state index contributed by atoms with van der Waals surface area (Å²) in [5, 5.41) is 13.8. The first kappa shape index (κ1) is 72.0. The minimum Gasteiger partial charge on any atom is -0.465 e. The van der Waals surface area contributed by atoms with Crippen LogP contribution in [0.3, 0.4) is 0 Å². The number of likely N-dealkylation sites (N-methyl/N-ethyl adjacent to an activating group) is 2. The van der Waals surface area contributed by atoms with Crippen LogP contribution in [0.4, 0.5) is 41.2 Å². The Balaban J connectivity index is 0.610. The third-order valence-electron chi connectivity index (χ3n) is 19.7. The lowest BCUT2D eigenvalue weighted by Gasteiger charge is -2.44. The summed E-state index contributed by atoms with van der Waals surface area (Å²) in [5.41, 5.74) is -0.325. The number of amides is 5. The first-order valence-corrected chi connectivity index (χ1v) is 34.1. The number of anilines is 1. The number of piperidine rings is 2. The molecule has 3 fully saturated rings. The van der Waals surface area contributed by atoms with E-state index in [1.165, 1.54) is 40.5 Å². The van der Waals surface area contributed by atoms with Crippen molar-refractivity contribution >= 4 is 46.7 Å². The number of alkyl halides is 6. The van der Waals surface area contributed by atoms with Crippen LogP contribution in [-0.4, -0.2) is 183 Å². The average Bonchev–Trinajstić information content (AvgIpc) is 1.61. The topological polar surface area (TPSA) is 159 Å². The van der Waals surface area contributed by atoms with Gasteiger partial charge in [-0.25, -0.2) is 9.18 Å². The molecule has 4 aliphatic rings. The summed E-state index contributed by atoms with van der Waals surface area (Å²) in [4.78, 5) is 80.5. The number of nitrogens with one attached hydrogen (secondary N) is 1. The number of unbranched alkanes of at least 4 members (excludes halogenated alkanes) is 2. The number of likely N-dealkylation sites (tertiary alicyclic amines) is 2. The van der Waals surface area contributed by atoms with E-state index in [0.29, 0.717) is 119 Å². The van der Waals surface area contributed by atoms with E-state index in [2.05, 4.69) is 27.2 Å². The Morgan fingerprint density at radius 1 is 0.701 bits per heavy atom. The number of carboxylic acid groups (broad SMARTS) is 1. The van der Waals surface area contributed by atoms with Crippen molar-refractivity contribution in [1.29, 1.82) is 0 Å². The minimum atomic E-state index is -5.15. The Labute approximate surface area is 565 Å². The molecule has 5 aromatic carbocycles. The molecule has 10 rings (SSSR count). The maximum atomic E-state index is 14.2. The molecule has 0 unspecified atom stereocenters. The van der Waals surface area contributed by atoms with Crippen LogP contribution in [0.15, 0.2) is 133 Å². The number of fused-ring (bicyclic) bond motifs is 2. The van der Waals surface area contributed by atoms with E-state index in [9.17, 15) is 59.8 Å². The van der Waals surface area contributed by atoms with Crippen LogP contribution in [0.25, 0.3) is 11.1 Å². The number of hydrogen-bond acceptors (Lipinski definition) is 11. The number of para-hydroxylation sites is 1. The number of benzene rings is 5. The maximum Gasteiger partial charge on any atom is 0.416 e. The molecule has 0 bridgehead atoms. The number of nitrogens with zero attached hydrogens (tertiary/aromatic N) is 7. The fourth-order valence-electron chi connectivity index (χ4n) is 14.0. The molecule has 16 nitrogen and oxygen atoms in total. The zero-order valence-electron chi connectivity index (χ0n) is 55.0. The van der Waals surface area contributed by atoms with Gasteiger partial charge in [0.2, 0.25) is 11.8 Å². The SMILES string of the molecule is CN(CCN1CCC(N(C(=O)O)c2ccccc2-c2ccccc2)CC1)C(=O)CCCCCNCc1ccc(C(=O)N(C)CCCN(C)C(=O)CO[C@H]2Cc3ccccc3C23CCN(CC[C@@]2(c4ccc(F)cc4)CN(C(=O)c4cc(C(F)(F)F)cc(C(F)(F)F)c4)CO2)CC3)s1. The molecule has 3 saturated heterocycles. The van der Waals surface area contributed by atoms with Crippen molar-refractivity contribution in [2.75, 3.05) is 111 Å². The lowest BCUT2D eigenvalue weighted by atomic mass is 9.72. The molecule has 5 amide bonds. The monoisotopic (exact) mass is 1370 g/mol. The first-order chi connectivity index (χ1) is 46.4. The molecule has 1 spiro atoms. The second-order valence-corrected chi connectivity index (χ2v) is 27.2. The van der Waals surface area contributed by atoms with Gasteiger partial charge < -0.3 is 49.3 Å². The van der Waals surface area contributed by atoms with E-state index in [1.807, 2.05) is 85.9 Å². The molecule has 4 heterocycles. The number of halogens is 7. The highest BCUT2D eigenvalue weighted by molar-refractivity contribution is 7.14. The van der Waals surface area contributed by atoms with Gasteiger partial charge in [-0.1, -0.05) is 91.3 Å². The Morgan fingerprint density at radius 2 is 1.35 bits per heavy atom. The van der Waals surface area contributed by atoms with Crippen molar-refractivity contribution in [1.82, 2.24) is 34.7 Å². The second-order valence-electron chi connectivity index (χ2n) is 26.1. The van der Waals surface area contributed by atoms with Crippen LogP contribution in [0.5, 0.6) is 0 Å². The molecule has 520 valence electrons. The predicted molar refractivity (Wildman–Crippen MR) is 357 cm³/mol. The van der Waals surface area contributed by atoms with Crippen molar-refractivity contribution < 1.29 is 69.3 Å². The quantitative estimate of drug-likeness (QED) is 0.0373. The Kier molecular flexibility index (Phi) is 23.6. The molecule has 24 heteroatoms. The van der Waals surface area contributed by atoms with Crippen molar-refractivity contribution in [3.8, 4) is 11.1 Å². The Bertz CT molecular complexity index is 3640. The highest BCUT2D eigenvalue weighted by atomic mass is 32.1. The largest absolute Gasteiger partial charge is 0.465 e. The van der Waals surface area contributed by atoms with E-state index < -0.39 is 64.6 Å². The molecule has 0 saturated carbocycles. The van der Waals surface area contributed by atoms with Crippen LogP contribution in [0.2, 0.25) is 0 Å². The van der Waals surface area contributed by atoms with Gasteiger partial charge in [0.15, 0.2) is 0 Å². The summed E-state index contributed by atoms with van der Waals surface area (Å²) < 4.78 is 110. The molecular weight excluding hydrogens is 1280 g/mol. The van der Waals surface area contributed by atoms with Crippen molar-refractivity contribution in [2.45, 2.75) is 113 Å². The molecule has 3 aliphatic heterocycles. The lowest BCUT2D eigenvalue weighted by Crippen LogP contribution is -2.50. The maximum absolute atomic E-state index is 14.2. The molecular formula is C73H85F7N8O8S. The van der Waals surface area contributed by atoms with E-state index in [-0.39, 0.29) is 55.5 Å². The lowest BCUT2D eigenvalue weighted by molar-refractivity contribution is -0.143. The standard InChI is InChI=1S/C73H85F7N8O8S/c1-82(34-14-35-84(3)68(92)63-27-26-59(97-63)47-81-33-13-5-8-21-65(89)83(2)41-42-85-36-28-58(29-37-85)88(69(93)94)62-20-12-10-18-60(62)51-15-6-4-7-16-51)66(90)48-95-64-45-52-17-9-11-19-61(52)70(64)30-38-86(39-31-70)40-32-71(54-22-24-57(74)25-23-54)49-87(50-96-71)67(91)53-43-55(72(75,76)77)46-56(44-53)73(78,79)80/h4,6-7,9-12,15-20,22-27,43-44,46,58,64,81H,5,8,13-14,21,28-42,45,47-50H2,1-3H3,(H,93,94)/t64-,71-/m0/s1. The van der Waals surface area contributed by atoms with E-state index >= 15 is 0 Å². The van der Waals surface area contributed by atoms with Crippen LogP contribution >= 0.6 is 11.3 Å². The molecule has 0 radical (unpaired) electrons. The summed E-state index contributed by atoms with van der Waals surface area (Å²) in [6, 6.07) is 35.5. The van der Waals surface area contributed by atoms with E-state index in [1.54, 1.807) is 28.8 Å². The molecule has 97 heavy (non-hydrogen) atoms. The van der Waals surface area contributed by atoms with Gasteiger partial charge in [0.1, 0.15) is 24.8 Å². The van der Waals surface area contributed by atoms with Crippen LogP contribution in [-0.2, 0) is 55.4 Å². The number of rotatable bonds is 27. The normalized spacial score (nSPS) is 18.3. The molecule has 2 N–H and O–H groups in total. The summed E-state index contributed by atoms with van der Waals surface area (Å²) >= 11 is 1.44. The third kappa shape index (κ3) is 17.8. The molecule has 1 aliphatic carbocycles. The van der Waals surface area contributed by atoms with Crippen LogP contribution in [0.1, 0.15) is 117 Å². The zero-order chi connectivity index (χ0) is 69.1. The van der Waals surface area contributed by atoms with Gasteiger partial charge in [0, 0.05) is 107 Å². The van der Waals surface area contributed by atoms with Gasteiger partial charge in [0.05, 0.1) is 34.3 Å². The van der Waals surface area contributed by atoms with Crippen LogP contribution in [0, 0.1) is 5.82 Å². The fraction of sp³-hybridized carbons (Fsp3) is 0.466. The highest BCUT2D eigenvalue weighted by Crippen LogP contribution is 2.49. The Hall–Kier alpha value is -7.74. The smallest absolute Gasteiger partial charge is 0.416 e. The fourth-order valence-corrected chi connectivity index (χ4v) is 15.0. The summed E-state index contributed by atoms with van der Waals surface area (Å²) in [6.45, 7) is 5.90. The molecule has 1 aromatic heterocycles. The van der Waals surface area contributed by atoms with E-state index in [4.69, 9.17) is 9.47 Å². The van der Waals surface area contributed by atoms with Gasteiger partial charge in [-0.2, -0.15) is 26.3 Å². The number of carbonyl (C=O) groups excluding carboxylic acids is 4. The van der Waals surface area contributed by atoms with Gasteiger partial charge >= 0.3 is 18.4 Å². The molecule has 2 atom stereocenters. The van der Waals surface area contributed by atoms with Crippen molar-refractivity contribution in [3.05, 3.63) is 182 Å². The van der Waals surface area contributed by atoms with Gasteiger partial charge in [-0.05, 0) is 148 Å². The highest BCUT2D eigenvalue weighted by Gasteiger charge is 2.50.